The fourth-order valence-electron chi connectivity index (χ4n) is 1.45. The Kier molecular flexibility index (Phi) is 2.07. The molecule has 0 bridgehead atoms. The zero-order valence-corrected chi connectivity index (χ0v) is 8.06. The first kappa shape index (κ1) is 9.50. The Morgan fingerprint density at radius 3 is 3.13 bits per heavy atom. The molecule has 2 rings (SSSR count). The summed E-state index contributed by atoms with van der Waals surface area (Å²) in [6.07, 6.45) is 0.582. The molecular formula is C8H10N4O3. The van der Waals surface area contributed by atoms with Crippen molar-refractivity contribution in [3.63, 3.8) is 0 Å². The van der Waals surface area contributed by atoms with Gasteiger partial charge in [0.2, 0.25) is 18.2 Å². The molecule has 1 aromatic heterocycles. The minimum absolute atomic E-state index is 0.0286. The van der Waals surface area contributed by atoms with Gasteiger partial charge in [0.05, 0.1) is 6.04 Å². The third-order valence-electron chi connectivity index (χ3n) is 2.19. The number of H-pyrrole nitrogens is 1. The molecule has 7 heteroatoms. The van der Waals surface area contributed by atoms with E-state index >= 15 is 0 Å². The normalized spacial score (nSPS) is 19.3. The molecule has 7 nitrogen and oxygen atoms in total. The Labute approximate surface area is 84.9 Å². The van der Waals surface area contributed by atoms with Gasteiger partial charge in [0, 0.05) is 0 Å². The summed E-state index contributed by atoms with van der Waals surface area (Å²) in [5.74, 6) is 0.0700. The van der Waals surface area contributed by atoms with Crippen molar-refractivity contribution in [1.82, 2.24) is 9.97 Å². The molecule has 0 aliphatic carbocycles. The first-order chi connectivity index (χ1) is 7.13. The number of amides is 1. The number of nitrogen functional groups attached to an aromatic ring is 1. The Balaban J connectivity index is 2.62. The molecule has 1 amide bonds. The Bertz CT molecular complexity index is 456. The summed E-state index contributed by atoms with van der Waals surface area (Å²) in [6.45, 7) is 2.06. The number of anilines is 2. The second kappa shape index (κ2) is 3.26. The first-order valence-electron chi connectivity index (χ1n) is 4.39. The van der Waals surface area contributed by atoms with E-state index in [0.29, 0.717) is 13.0 Å². The zero-order chi connectivity index (χ0) is 11.0. The van der Waals surface area contributed by atoms with E-state index in [1.165, 1.54) is 4.90 Å². The lowest BCUT2D eigenvalue weighted by Gasteiger charge is -2.30. The highest BCUT2D eigenvalue weighted by atomic mass is 16.5. The van der Waals surface area contributed by atoms with Crippen LogP contribution in [0, 0.1) is 0 Å². The van der Waals surface area contributed by atoms with Crippen LogP contribution in [0.1, 0.15) is 6.92 Å². The van der Waals surface area contributed by atoms with Crippen molar-refractivity contribution in [1.29, 1.82) is 0 Å². The predicted octanol–water partition coefficient (Wildman–Crippen LogP) is -0.904. The summed E-state index contributed by atoms with van der Waals surface area (Å²) in [6, 6.07) is -0.193. The molecule has 80 valence electrons. The molecule has 1 aromatic rings. The lowest BCUT2D eigenvalue weighted by Crippen LogP contribution is -2.43. The van der Waals surface area contributed by atoms with Crippen LogP contribution in [0.2, 0.25) is 0 Å². The molecule has 1 atom stereocenters. The second-order valence-corrected chi connectivity index (χ2v) is 3.28. The SMILES string of the molecule is CC1COc2nc(N)[nH]c(=O)c2N1C=O. The summed E-state index contributed by atoms with van der Waals surface area (Å²) in [5.41, 5.74) is 4.98. The number of fused-ring (bicyclic) bond motifs is 1. The van der Waals surface area contributed by atoms with Crippen LogP contribution in [-0.2, 0) is 4.79 Å². The summed E-state index contributed by atoms with van der Waals surface area (Å²) >= 11 is 0. The molecule has 1 unspecified atom stereocenters. The maximum Gasteiger partial charge on any atom is 0.280 e. The molecule has 0 radical (unpaired) electrons. The highest BCUT2D eigenvalue weighted by Crippen LogP contribution is 2.26. The van der Waals surface area contributed by atoms with Crippen molar-refractivity contribution in [2.24, 2.45) is 0 Å². The standard InChI is InChI=1S/C8H10N4O3/c1-4-2-15-7-5(12(4)3-13)6(14)10-8(9)11-7/h3-4H,2H2,1H3,(H3,9,10,11,14). The van der Waals surface area contributed by atoms with Gasteiger partial charge >= 0.3 is 0 Å². The van der Waals surface area contributed by atoms with Gasteiger partial charge in [-0.25, -0.2) is 0 Å². The van der Waals surface area contributed by atoms with Crippen molar-refractivity contribution in [3.8, 4) is 5.88 Å². The van der Waals surface area contributed by atoms with Gasteiger partial charge in [-0.1, -0.05) is 0 Å². The summed E-state index contributed by atoms with van der Waals surface area (Å²) in [5, 5.41) is 0. The minimum Gasteiger partial charge on any atom is -0.474 e. The number of nitrogens with one attached hydrogen (secondary N) is 1. The molecule has 0 fully saturated rings. The number of nitrogens with zero attached hydrogens (tertiary/aromatic N) is 2. The van der Waals surface area contributed by atoms with E-state index in [9.17, 15) is 9.59 Å². The minimum atomic E-state index is -0.476. The van der Waals surface area contributed by atoms with Gasteiger partial charge in [-0.2, -0.15) is 4.98 Å². The lowest BCUT2D eigenvalue weighted by molar-refractivity contribution is -0.108. The van der Waals surface area contributed by atoms with E-state index in [1.54, 1.807) is 6.92 Å². The van der Waals surface area contributed by atoms with E-state index in [1.807, 2.05) is 0 Å². The Morgan fingerprint density at radius 2 is 2.47 bits per heavy atom. The highest BCUT2D eigenvalue weighted by molar-refractivity contribution is 5.79. The number of carbonyl (C=O) groups excluding carboxylic acids is 1. The molecule has 1 aliphatic rings. The summed E-state index contributed by atoms with van der Waals surface area (Å²) in [7, 11) is 0. The molecule has 15 heavy (non-hydrogen) atoms. The Hall–Kier alpha value is -2.05. The number of aromatic nitrogens is 2. The van der Waals surface area contributed by atoms with Gasteiger partial charge in [-0.15, -0.1) is 0 Å². The average Bonchev–Trinajstić information content (AvgIpc) is 2.18. The molecule has 0 spiro atoms. The summed E-state index contributed by atoms with van der Waals surface area (Å²) < 4.78 is 5.22. The molecule has 2 heterocycles. The fourth-order valence-corrected chi connectivity index (χ4v) is 1.45. The highest BCUT2D eigenvalue weighted by Gasteiger charge is 2.28. The first-order valence-corrected chi connectivity index (χ1v) is 4.39. The number of aromatic amines is 1. The molecule has 1 aliphatic heterocycles. The number of hydrogen-bond acceptors (Lipinski definition) is 5. The number of rotatable bonds is 1. The number of hydrogen-bond donors (Lipinski definition) is 2. The predicted molar refractivity (Wildman–Crippen MR) is 52.8 cm³/mol. The average molecular weight is 210 g/mol. The largest absolute Gasteiger partial charge is 0.474 e. The summed E-state index contributed by atoms with van der Waals surface area (Å²) in [4.78, 5) is 29.8. The van der Waals surface area contributed by atoms with Crippen LogP contribution in [0.5, 0.6) is 5.88 Å². The van der Waals surface area contributed by atoms with Crippen LogP contribution in [-0.4, -0.2) is 29.0 Å². The van der Waals surface area contributed by atoms with Gasteiger partial charge in [0.25, 0.3) is 5.56 Å². The molecule has 0 saturated heterocycles. The van der Waals surface area contributed by atoms with Crippen LogP contribution in [0.25, 0.3) is 0 Å². The zero-order valence-electron chi connectivity index (χ0n) is 8.06. The number of nitrogens with two attached hydrogens (primary N) is 1. The van der Waals surface area contributed by atoms with E-state index in [-0.39, 0.29) is 23.6 Å². The molecule has 0 aromatic carbocycles. The van der Waals surface area contributed by atoms with Gasteiger partial charge < -0.3 is 10.5 Å². The molecule has 0 saturated carbocycles. The van der Waals surface area contributed by atoms with Crippen LogP contribution in [0.3, 0.4) is 0 Å². The Morgan fingerprint density at radius 1 is 1.73 bits per heavy atom. The van der Waals surface area contributed by atoms with Crippen LogP contribution < -0.4 is 20.9 Å². The van der Waals surface area contributed by atoms with Crippen LogP contribution in [0.15, 0.2) is 4.79 Å². The van der Waals surface area contributed by atoms with E-state index in [2.05, 4.69) is 9.97 Å². The fraction of sp³-hybridized carbons (Fsp3) is 0.375. The van der Waals surface area contributed by atoms with Crippen molar-refractivity contribution in [2.75, 3.05) is 17.2 Å². The number of carbonyl (C=O) groups is 1. The number of ether oxygens (including phenoxy) is 1. The van der Waals surface area contributed by atoms with E-state index < -0.39 is 5.56 Å². The topological polar surface area (TPSA) is 101 Å². The van der Waals surface area contributed by atoms with Gasteiger partial charge in [0.1, 0.15) is 6.61 Å². The van der Waals surface area contributed by atoms with Crippen molar-refractivity contribution < 1.29 is 9.53 Å². The van der Waals surface area contributed by atoms with Crippen LogP contribution >= 0.6 is 0 Å². The quantitative estimate of drug-likeness (QED) is 0.584. The third kappa shape index (κ3) is 1.41. The van der Waals surface area contributed by atoms with Gasteiger partial charge in [-0.3, -0.25) is 19.5 Å². The lowest BCUT2D eigenvalue weighted by atomic mass is 10.2. The van der Waals surface area contributed by atoms with Gasteiger partial charge in [0.15, 0.2) is 5.69 Å². The van der Waals surface area contributed by atoms with Crippen molar-refractivity contribution in [3.05, 3.63) is 10.4 Å². The monoisotopic (exact) mass is 210 g/mol. The van der Waals surface area contributed by atoms with Crippen molar-refractivity contribution in [2.45, 2.75) is 13.0 Å². The van der Waals surface area contributed by atoms with Gasteiger partial charge in [-0.05, 0) is 6.92 Å². The smallest absolute Gasteiger partial charge is 0.280 e. The molecule has 3 N–H and O–H groups in total. The van der Waals surface area contributed by atoms with E-state index in [4.69, 9.17) is 10.5 Å². The second-order valence-electron chi connectivity index (χ2n) is 3.28. The maximum atomic E-state index is 11.5. The van der Waals surface area contributed by atoms with Crippen molar-refractivity contribution >= 4 is 18.0 Å². The van der Waals surface area contributed by atoms with E-state index in [0.717, 1.165) is 0 Å². The third-order valence-corrected chi connectivity index (χ3v) is 2.19. The van der Waals surface area contributed by atoms with Crippen LogP contribution in [0.4, 0.5) is 11.6 Å². The maximum absolute atomic E-state index is 11.5. The molecular weight excluding hydrogens is 200 g/mol.